The molecule has 2 aromatic rings. The largest absolute Gasteiger partial charge is 0.300 e. The van der Waals surface area contributed by atoms with Gasteiger partial charge in [0.25, 0.3) is 5.91 Å². The van der Waals surface area contributed by atoms with E-state index in [1.54, 1.807) is 6.07 Å². The van der Waals surface area contributed by atoms with Crippen molar-refractivity contribution in [2.24, 2.45) is 4.99 Å². The van der Waals surface area contributed by atoms with Crippen molar-refractivity contribution in [3.05, 3.63) is 67.6 Å². The molecule has 1 aliphatic heterocycles. The first kappa shape index (κ1) is 15.6. The topological polar surface area (TPSA) is 41.5 Å². The molecule has 6 heteroatoms. The Balaban J connectivity index is 1.84. The Kier molecular flexibility index (Phi) is 4.85. The minimum Gasteiger partial charge on any atom is -0.300 e. The lowest BCUT2D eigenvalue weighted by Gasteiger charge is -1.98. The molecule has 1 fully saturated rings. The van der Waals surface area contributed by atoms with E-state index in [4.69, 9.17) is 11.6 Å². The molecule has 0 spiro atoms. The molecule has 0 aliphatic carbocycles. The van der Waals surface area contributed by atoms with E-state index in [-0.39, 0.29) is 5.91 Å². The number of amidine groups is 1. The molecule has 0 unspecified atom stereocenters. The van der Waals surface area contributed by atoms with Gasteiger partial charge < -0.3 is 5.32 Å². The van der Waals surface area contributed by atoms with Crippen LogP contribution in [0.2, 0.25) is 5.02 Å². The summed E-state index contributed by atoms with van der Waals surface area (Å²) in [5.74, 6) is -0.144. The Bertz CT molecular complexity index is 787. The van der Waals surface area contributed by atoms with Crippen molar-refractivity contribution < 1.29 is 4.79 Å². The van der Waals surface area contributed by atoms with Gasteiger partial charge in [0.05, 0.1) is 15.6 Å². The van der Waals surface area contributed by atoms with Crippen molar-refractivity contribution >= 4 is 68.8 Å². The zero-order chi connectivity index (χ0) is 15.5. The van der Waals surface area contributed by atoms with Gasteiger partial charge in [-0.05, 0) is 70.3 Å². The summed E-state index contributed by atoms with van der Waals surface area (Å²) in [5, 5.41) is 3.85. The lowest BCUT2D eigenvalue weighted by molar-refractivity contribution is -0.115. The Morgan fingerprint density at radius 3 is 2.59 bits per heavy atom. The summed E-state index contributed by atoms with van der Waals surface area (Å²) in [6, 6.07) is 15.2. The standard InChI is InChI=1S/C16H10ClIN2OS/c17-12-3-1-2-4-13(12)19-16-20-15(21)14(22-16)9-10-5-7-11(18)8-6-10/h1-9H,(H,19,20,21)/b14-9-. The Labute approximate surface area is 151 Å². The van der Waals surface area contributed by atoms with Gasteiger partial charge in [-0.15, -0.1) is 0 Å². The summed E-state index contributed by atoms with van der Waals surface area (Å²) >= 11 is 9.63. The molecule has 110 valence electrons. The maximum atomic E-state index is 12.0. The Hall–Kier alpha value is -1.31. The number of para-hydroxylation sites is 1. The molecule has 3 rings (SSSR count). The van der Waals surface area contributed by atoms with E-state index >= 15 is 0 Å². The number of nitrogens with zero attached hydrogens (tertiary/aromatic N) is 1. The van der Waals surface area contributed by atoms with Gasteiger partial charge in [0.2, 0.25) is 0 Å². The van der Waals surface area contributed by atoms with Gasteiger partial charge in [0.1, 0.15) is 0 Å². The van der Waals surface area contributed by atoms with E-state index in [9.17, 15) is 4.79 Å². The predicted molar refractivity (Wildman–Crippen MR) is 101 cm³/mol. The SMILES string of the molecule is O=C1NC(=Nc2ccccc2Cl)S/C1=C\c1ccc(I)cc1. The number of thioether (sulfide) groups is 1. The summed E-state index contributed by atoms with van der Waals surface area (Å²) in [6.07, 6.45) is 1.85. The van der Waals surface area contributed by atoms with Crippen LogP contribution in [0.3, 0.4) is 0 Å². The second-order valence-corrected chi connectivity index (χ2v) is 7.17. The molecular formula is C16H10ClIN2OS. The van der Waals surface area contributed by atoms with Gasteiger partial charge >= 0.3 is 0 Å². The van der Waals surface area contributed by atoms with E-state index in [2.05, 4.69) is 32.9 Å². The summed E-state index contributed by atoms with van der Waals surface area (Å²) in [6.45, 7) is 0. The molecule has 1 heterocycles. The second-order valence-electron chi connectivity index (χ2n) is 4.48. The van der Waals surface area contributed by atoms with Gasteiger partial charge in [-0.25, -0.2) is 4.99 Å². The van der Waals surface area contributed by atoms with Gasteiger partial charge in [-0.2, -0.15) is 0 Å². The number of carbonyl (C=O) groups is 1. The first-order chi connectivity index (χ1) is 10.6. The average Bonchev–Trinajstić information content (AvgIpc) is 2.84. The van der Waals surface area contributed by atoms with Crippen LogP contribution in [0.1, 0.15) is 5.56 Å². The third-order valence-electron chi connectivity index (χ3n) is 2.89. The number of benzene rings is 2. The van der Waals surface area contributed by atoms with Crippen molar-refractivity contribution in [3.63, 3.8) is 0 Å². The summed E-state index contributed by atoms with van der Waals surface area (Å²) in [4.78, 5) is 17.0. The molecule has 0 saturated carbocycles. The van der Waals surface area contributed by atoms with E-state index < -0.39 is 0 Å². The number of hydrogen-bond donors (Lipinski definition) is 1. The first-order valence-corrected chi connectivity index (χ1v) is 8.69. The van der Waals surface area contributed by atoms with Crippen LogP contribution in [0.25, 0.3) is 6.08 Å². The maximum absolute atomic E-state index is 12.0. The van der Waals surface area contributed by atoms with Crippen LogP contribution in [0.15, 0.2) is 58.4 Å². The molecule has 1 N–H and O–H groups in total. The molecule has 22 heavy (non-hydrogen) atoms. The fraction of sp³-hybridized carbons (Fsp3) is 0. The van der Waals surface area contributed by atoms with Crippen LogP contribution >= 0.6 is 46.0 Å². The molecule has 0 radical (unpaired) electrons. The zero-order valence-electron chi connectivity index (χ0n) is 11.2. The van der Waals surface area contributed by atoms with Gasteiger partial charge in [-0.1, -0.05) is 35.9 Å². The smallest absolute Gasteiger partial charge is 0.264 e. The monoisotopic (exact) mass is 440 g/mol. The highest BCUT2D eigenvalue weighted by atomic mass is 127. The lowest BCUT2D eigenvalue weighted by atomic mass is 10.2. The normalized spacial score (nSPS) is 18.0. The number of nitrogens with one attached hydrogen (secondary N) is 1. The van der Waals surface area contributed by atoms with Crippen molar-refractivity contribution in [2.75, 3.05) is 0 Å². The molecule has 1 saturated heterocycles. The number of aliphatic imine (C=N–C) groups is 1. The van der Waals surface area contributed by atoms with Crippen LogP contribution in [-0.4, -0.2) is 11.1 Å². The van der Waals surface area contributed by atoms with Crippen LogP contribution < -0.4 is 5.32 Å². The second kappa shape index (κ2) is 6.85. The fourth-order valence-electron chi connectivity index (χ4n) is 1.84. The number of amides is 1. The van der Waals surface area contributed by atoms with Crippen LogP contribution in [-0.2, 0) is 4.79 Å². The zero-order valence-corrected chi connectivity index (χ0v) is 14.9. The molecular weight excluding hydrogens is 431 g/mol. The van der Waals surface area contributed by atoms with E-state index in [1.807, 2.05) is 48.5 Å². The summed E-state index contributed by atoms with van der Waals surface area (Å²) in [7, 11) is 0. The van der Waals surface area contributed by atoms with E-state index in [0.29, 0.717) is 20.8 Å². The quantitative estimate of drug-likeness (QED) is 0.536. The predicted octanol–water partition coefficient (Wildman–Crippen LogP) is 4.84. The average molecular weight is 441 g/mol. The third-order valence-corrected chi connectivity index (χ3v) is 4.84. The molecule has 2 aromatic carbocycles. The Morgan fingerprint density at radius 1 is 1.14 bits per heavy atom. The summed E-state index contributed by atoms with van der Waals surface area (Å²) in [5.41, 5.74) is 1.62. The van der Waals surface area contributed by atoms with Crippen LogP contribution in [0.5, 0.6) is 0 Å². The molecule has 1 aliphatic rings. The van der Waals surface area contributed by atoms with Crippen molar-refractivity contribution in [2.45, 2.75) is 0 Å². The number of rotatable bonds is 2. The highest BCUT2D eigenvalue weighted by molar-refractivity contribution is 14.1. The van der Waals surface area contributed by atoms with E-state index in [1.165, 1.54) is 11.8 Å². The number of hydrogen-bond acceptors (Lipinski definition) is 3. The first-order valence-electron chi connectivity index (χ1n) is 6.41. The molecule has 1 amide bonds. The minimum atomic E-state index is -0.144. The molecule has 0 bridgehead atoms. The minimum absolute atomic E-state index is 0.144. The molecule has 3 nitrogen and oxygen atoms in total. The summed E-state index contributed by atoms with van der Waals surface area (Å²) < 4.78 is 1.16. The van der Waals surface area contributed by atoms with Crippen molar-refractivity contribution in [1.29, 1.82) is 0 Å². The van der Waals surface area contributed by atoms with Gasteiger partial charge in [0.15, 0.2) is 5.17 Å². The van der Waals surface area contributed by atoms with Crippen LogP contribution in [0.4, 0.5) is 5.69 Å². The van der Waals surface area contributed by atoms with Crippen molar-refractivity contribution in [1.82, 2.24) is 5.32 Å². The lowest BCUT2D eigenvalue weighted by Crippen LogP contribution is -2.19. The van der Waals surface area contributed by atoms with Gasteiger partial charge in [-0.3, -0.25) is 4.79 Å². The maximum Gasteiger partial charge on any atom is 0.264 e. The van der Waals surface area contributed by atoms with Crippen molar-refractivity contribution in [3.8, 4) is 0 Å². The molecule has 0 atom stereocenters. The highest BCUT2D eigenvalue weighted by Crippen LogP contribution is 2.30. The Morgan fingerprint density at radius 2 is 1.86 bits per heavy atom. The molecule has 0 aromatic heterocycles. The number of halogens is 2. The fourth-order valence-corrected chi connectivity index (χ4v) is 3.22. The van der Waals surface area contributed by atoms with Crippen LogP contribution in [0, 0.1) is 3.57 Å². The highest BCUT2D eigenvalue weighted by Gasteiger charge is 2.23. The van der Waals surface area contributed by atoms with E-state index in [0.717, 1.165) is 9.13 Å². The number of carbonyl (C=O) groups excluding carboxylic acids is 1. The third kappa shape index (κ3) is 3.71. The van der Waals surface area contributed by atoms with Gasteiger partial charge in [0, 0.05) is 3.57 Å².